The molecule has 0 radical (unpaired) electrons. The average molecular weight is 625 g/mol. The van der Waals surface area contributed by atoms with Gasteiger partial charge in [0.2, 0.25) is 5.91 Å². The second-order valence-corrected chi connectivity index (χ2v) is 18.0. The lowest BCUT2D eigenvalue weighted by Gasteiger charge is -2.72. The largest absolute Gasteiger partial charge is 0.462 e. The van der Waals surface area contributed by atoms with E-state index in [2.05, 4.69) is 53.4 Å². The minimum Gasteiger partial charge on any atom is -0.462 e. The van der Waals surface area contributed by atoms with E-state index in [1.165, 1.54) is 63.4 Å². The molecule has 0 spiro atoms. The van der Waals surface area contributed by atoms with Crippen molar-refractivity contribution in [2.75, 3.05) is 13.1 Å². The molecule has 3 N–H and O–H groups in total. The molecular formula is C40H68N2O3. The van der Waals surface area contributed by atoms with Gasteiger partial charge < -0.3 is 15.8 Å². The zero-order chi connectivity index (χ0) is 32.8. The van der Waals surface area contributed by atoms with E-state index in [1.807, 2.05) is 0 Å². The number of esters is 1. The van der Waals surface area contributed by atoms with Gasteiger partial charge in [-0.25, -0.2) is 0 Å². The first kappa shape index (κ1) is 35.0. The van der Waals surface area contributed by atoms with Crippen LogP contribution in [-0.2, 0) is 14.3 Å². The first-order valence-corrected chi connectivity index (χ1v) is 19.0. The van der Waals surface area contributed by atoms with E-state index in [-0.39, 0.29) is 39.1 Å². The standard InChI is InChI=1S/C40H68N2O3/c1-27(2)29-17-22-40(35(44)42-26-14-12-10-9-11-13-25-41)24-23-38(7)30(34(29)40)15-16-32-37(6)20-19-33(45-28(3)43)36(4,5)31(37)18-21-39(32,38)8/h29-34H,1,9-26,41H2,2-8H3,(H,42,44)/t29-,30+,31-,32+,33-,34+,37-,38+,39+,40-/m0/s1. The van der Waals surface area contributed by atoms with Crippen molar-refractivity contribution in [1.29, 1.82) is 0 Å². The SMILES string of the molecule is C=C(C)[C@@H]1CC[C@]2(C(=O)NCCCCCCCCN)CC[C@]3(C)[C@H](CC[C@@H]4[C@@]5(C)CC[C@H](OC(C)=O)C(C)(C)[C@@H]5CC[C@]43C)[C@@H]12. The van der Waals surface area contributed by atoms with E-state index in [4.69, 9.17) is 10.5 Å². The van der Waals surface area contributed by atoms with E-state index in [0.717, 1.165) is 58.0 Å². The summed E-state index contributed by atoms with van der Waals surface area (Å²) < 4.78 is 5.95. The maximum Gasteiger partial charge on any atom is 0.302 e. The fraction of sp³-hybridized carbons (Fsp3) is 0.900. The normalized spacial score (nSPS) is 43.3. The summed E-state index contributed by atoms with van der Waals surface area (Å²) in [6.07, 6.45) is 18.5. The number of amides is 1. The van der Waals surface area contributed by atoms with Crippen molar-refractivity contribution >= 4 is 11.9 Å². The molecule has 45 heavy (non-hydrogen) atoms. The van der Waals surface area contributed by atoms with Crippen molar-refractivity contribution in [2.24, 2.45) is 62.4 Å². The number of ether oxygens (including phenoxy) is 1. The molecule has 256 valence electrons. The van der Waals surface area contributed by atoms with E-state index in [9.17, 15) is 9.59 Å². The van der Waals surface area contributed by atoms with Gasteiger partial charge in [0.25, 0.3) is 0 Å². The zero-order valence-corrected chi connectivity index (χ0v) is 30.2. The first-order valence-electron chi connectivity index (χ1n) is 19.0. The Kier molecular flexibility index (Phi) is 10.0. The Hall–Kier alpha value is -1.36. The fourth-order valence-electron chi connectivity index (χ4n) is 13.3. The number of nitrogens with one attached hydrogen (secondary N) is 1. The molecule has 0 saturated heterocycles. The Labute approximate surface area is 276 Å². The number of carbonyl (C=O) groups is 2. The zero-order valence-electron chi connectivity index (χ0n) is 30.2. The summed E-state index contributed by atoms with van der Waals surface area (Å²) in [6, 6.07) is 0. The van der Waals surface area contributed by atoms with Crippen LogP contribution in [0.5, 0.6) is 0 Å². The number of nitrogens with two attached hydrogens (primary N) is 1. The maximum absolute atomic E-state index is 14.3. The van der Waals surface area contributed by atoms with Gasteiger partial charge in [-0.1, -0.05) is 72.5 Å². The van der Waals surface area contributed by atoms with E-state index in [1.54, 1.807) is 6.92 Å². The van der Waals surface area contributed by atoms with Gasteiger partial charge in [-0.15, -0.1) is 0 Å². The third-order valence-electron chi connectivity index (χ3n) is 15.7. The predicted molar refractivity (Wildman–Crippen MR) is 184 cm³/mol. The molecule has 1 amide bonds. The molecule has 0 aromatic heterocycles. The van der Waals surface area contributed by atoms with Gasteiger partial charge >= 0.3 is 5.97 Å². The Morgan fingerprint density at radius 1 is 0.778 bits per heavy atom. The van der Waals surface area contributed by atoms with Crippen LogP contribution in [0.1, 0.15) is 151 Å². The summed E-state index contributed by atoms with van der Waals surface area (Å²) in [5.41, 5.74) is 7.41. The highest BCUT2D eigenvalue weighted by atomic mass is 16.5. The molecule has 0 heterocycles. The Bertz CT molecular complexity index is 1120. The summed E-state index contributed by atoms with van der Waals surface area (Å²) in [5.74, 6) is 2.87. The third kappa shape index (κ3) is 5.65. The van der Waals surface area contributed by atoms with Crippen LogP contribution in [0.25, 0.3) is 0 Å². The van der Waals surface area contributed by atoms with Crippen LogP contribution in [0.2, 0.25) is 0 Å². The van der Waals surface area contributed by atoms with E-state index in [0.29, 0.717) is 35.5 Å². The van der Waals surface area contributed by atoms with Crippen LogP contribution in [0.3, 0.4) is 0 Å². The molecule has 5 nitrogen and oxygen atoms in total. The topological polar surface area (TPSA) is 81.4 Å². The van der Waals surface area contributed by atoms with Crippen LogP contribution in [0, 0.1) is 56.7 Å². The van der Waals surface area contributed by atoms with Gasteiger partial charge in [-0.05, 0) is 136 Å². The van der Waals surface area contributed by atoms with Gasteiger partial charge in [0, 0.05) is 18.9 Å². The maximum atomic E-state index is 14.3. The lowest BCUT2D eigenvalue weighted by molar-refractivity contribution is -0.248. The number of allylic oxidation sites excluding steroid dienone is 1. The number of unbranched alkanes of at least 4 members (excludes halogenated alkanes) is 5. The summed E-state index contributed by atoms with van der Waals surface area (Å²) in [7, 11) is 0. The van der Waals surface area contributed by atoms with Gasteiger partial charge in [-0.3, -0.25) is 9.59 Å². The molecule has 0 bridgehead atoms. The molecule has 0 unspecified atom stereocenters. The number of rotatable bonds is 11. The summed E-state index contributed by atoms with van der Waals surface area (Å²) in [6.45, 7) is 22.6. The van der Waals surface area contributed by atoms with Crippen molar-refractivity contribution < 1.29 is 14.3 Å². The molecule has 5 aliphatic rings. The molecule has 5 saturated carbocycles. The van der Waals surface area contributed by atoms with Crippen molar-refractivity contribution in [3.05, 3.63) is 12.2 Å². The molecule has 5 aliphatic carbocycles. The Morgan fingerprint density at radius 2 is 1.47 bits per heavy atom. The average Bonchev–Trinajstić information content (AvgIpc) is 3.37. The smallest absolute Gasteiger partial charge is 0.302 e. The van der Waals surface area contributed by atoms with Crippen LogP contribution in [-0.4, -0.2) is 31.1 Å². The van der Waals surface area contributed by atoms with Gasteiger partial charge in [0.15, 0.2) is 0 Å². The number of hydrogen-bond acceptors (Lipinski definition) is 4. The second kappa shape index (κ2) is 12.9. The lowest BCUT2D eigenvalue weighted by Crippen LogP contribution is -2.67. The van der Waals surface area contributed by atoms with E-state index >= 15 is 0 Å². The monoisotopic (exact) mass is 625 g/mol. The van der Waals surface area contributed by atoms with Crippen molar-refractivity contribution in [3.8, 4) is 0 Å². The molecule has 10 atom stereocenters. The van der Waals surface area contributed by atoms with Crippen molar-refractivity contribution in [1.82, 2.24) is 5.32 Å². The third-order valence-corrected chi connectivity index (χ3v) is 15.7. The highest BCUT2D eigenvalue weighted by Crippen LogP contribution is 2.77. The highest BCUT2D eigenvalue weighted by Gasteiger charge is 2.72. The quantitative estimate of drug-likeness (QED) is 0.137. The summed E-state index contributed by atoms with van der Waals surface area (Å²) >= 11 is 0. The fourth-order valence-corrected chi connectivity index (χ4v) is 13.3. The number of fused-ring (bicyclic) bond motifs is 7. The van der Waals surface area contributed by atoms with Gasteiger partial charge in [-0.2, -0.15) is 0 Å². The van der Waals surface area contributed by atoms with Crippen molar-refractivity contribution in [2.45, 2.75) is 157 Å². The minimum atomic E-state index is -0.233. The molecular weight excluding hydrogens is 556 g/mol. The molecule has 0 aromatic rings. The Morgan fingerprint density at radius 3 is 2.13 bits per heavy atom. The molecule has 5 rings (SSSR count). The lowest BCUT2D eigenvalue weighted by atomic mass is 9.32. The molecule has 0 aromatic carbocycles. The number of carbonyl (C=O) groups excluding carboxylic acids is 2. The van der Waals surface area contributed by atoms with Gasteiger partial charge in [0.05, 0.1) is 5.41 Å². The molecule has 5 heteroatoms. The van der Waals surface area contributed by atoms with Gasteiger partial charge in [0.1, 0.15) is 6.10 Å². The van der Waals surface area contributed by atoms with Crippen LogP contribution < -0.4 is 11.1 Å². The molecule has 5 fully saturated rings. The van der Waals surface area contributed by atoms with Crippen molar-refractivity contribution in [3.63, 3.8) is 0 Å². The van der Waals surface area contributed by atoms with Crippen LogP contribution in [0.15, 0.2) is 12.2 Å². The van der Waals surface area contributed by atoms with Crippen LogP contribution >= 0.6 is 0 Å². The number of hydrogen-bond donors (Lipinski definition) is 2. The first-order chi connectivity index (χ1) is 21.2. The minimum absolute atomic E-state index is 0.0153. The summed E-state index contributed by atoms with van der Waals surface area (Å²) in [4.78, 5) is 26.3. The van der Waals surface area contributed by atoms with Crippen LogP contribution in [0.4, 0.5) is 0 Å². The van der Waals surface area contributed by atoms with E-state index < -0.39 is 0 Å². The Balaban J connectivity index is 1.36. The molecule has 0 aliphatic heterocycles. The second-order valence-electron chi connectivity index (χ2n) is 18.0. The summed E-state index contributed by atoms with van der Waals surface area (Å²) in [5, 5.41) is 3.50. The predicted octanol–water partition coefficient (Wildman–Crippen LogP) is 8.99. The highest BCUT2D eigenvalue weighted by molar-refractivity contribution is 5.83.